The molecule has 4 rings (SSSR count). The van der Waals surface area contributed by atoms with Crippen molar-refractivity contribution in [1.29, 1.82) is 0 Å². The number of aromatic amines is 1. The Morgan fingerprint density at radius 1 is 1.33 bits per heavy atom. The molecule has 0 amide bonds. The van der Waals surface area contributed by atoms with E-state index in [4.69, 9.17) is 16.1 Å². The van der Waals surface area contributed by atoms with Crippen LogP contribution in [-0.2, 0) is 23.0 Å². The number of benzene rings is 1. The molecule has 6 nitrogen and oxygen atoms in total. The normalized spacial score (nSPS) is 15.8. The molecule has 8 heteroatoms. The lowest BCUT2D eigenvalue weighted by Gasteiger charge is -2.26. The molecular formula is C16H16ClN3O3S. The molecule has 1 aliphatic rings. The Morgan fingerprint density at radius 3 is 2.83 bits per heavy atom. The van der Waals surface area contributed by atoms with Gasteiger partial charge in [0, 0.05) is 41.1 Å². The largest absolute Gasteiger partial charge is 0.360 e. The molecule has 1 N–H and O–H groups in total. The number of sulfonamides is 1. The number of aromatic nitrogens is 2. The first-order valence-electron chi connectivity index (χ1n) is 7.60. The van der Waals surface area contributed by atoms with Crippen molar-refractivity contribution >= 4 is 32.5 Å². The van der Waals surface area contributed by atoms with Crippen LogP contribution >= 0.6 is 11.6 Å². The van der Waals surface area contributed by atoms with Crippen LogP contribution in [0.1, 0.15) is 22.7 Å². The Morgan fingerprint density at radius 2 is 2.12 bits per heavy atom. The SMILES string of the molecule is Cc1noc(C)c1S(=O)(=O)N1CCc2[nH]c3cc(Cl)ccc3c2C1. The molecule has 3 heterocycles. The average Bonchev–Trinajstić information content (AvgIpc) is 3.05. The fourth-order valence-corrected chi connectivity index (χ4v) is 5.22. The van der Waals surface area contributed by atoms with Crippen LogP contribution in [0.4, 0.5) is 0 Å². The van der Waals surface area contributed by atoms with Crippen LogP contribution in [0.15, 0.2) is 27.6 Å². The molecule has 1 aromatic carbocycles. The Labute approximate surface area is 144 Å². The lowest BCUT2D eigenvalue weighted by Crippen LogP contribution is -2.36. The van der Waals surface area contributed by atoms with E-state index in [-0.39, 0.29) is 4.90 Å². The minimum Gasteiger partial charge on any atom is -0.360 e. The van der Waals surface area contributed by atoms with Gasteiger partial charge in [-0.1, -0.05) is 22.8 Å². The molecule has 0 saturated carbocycles. The quantitative estimate of drug-likeness (QED) is 0.756. The van der Waals surface area contributed by atoms with Crippen molar-refractivity contribution < 1.29 is 12.9 Å². The molecule has 0 unspecified atom stereocenters. The van der Waals surface area contributed by atoms with Gasteiger partial charge in [0.25, 0.3) is 0 Å². The molecule has 0 saturated heterocycles. The van der Waals surface area contributed by atoms with Gasteiger partial charge < -0.3 is 9.51 Å². The molecule has 126 valence electrons. The van der Waals surface area contributed by atoms with Crippen molar-refractivity contribution in [2.45, 2.75) is 31.7 Å². The van der Waals surface area contributed by atoms with Crippen LogP contribution in [0.5, 0.6) is 0 Å². The third-order valence-electron chi connectivity index (χ3n) is 4.47. The van der Waals surface area contributed by atoms with E-state index in [9.17, 15) is 8.42 Å². The maximum atomic E-state index is 13.0. The third kappa shape index (κ3) is 2.27. The van der Waals surface area contributed by atoms with Crippen molar-refractivity contribution in [2.24, 2.45) is 0 Å². The number of rotatable bonds is 2. The fraction of sp³-hybridized carbons (Fsp3) is 0.312. The predicted molar refractivity (Wildman–Crippen MR) is 90.6 cm³/mol. The number of hydrogen-bond donors (Lipinski definition) is 1. The van der Waals surface area contributed by atoms with Gasteiger partial charge in [-0.2, -0.15) is 4.31 Å². The second kappa shape index (κ2) is 5.34. The fourth-order valence-electron chi connectivity index (χ4n) is 3.35. The van der Waals surface area contributed by atoms with Gasteiger partial charge in [0.1, 0.15) is 10.6 Å². The molecule has 0 bridgehead atoms. The summed E-state index contributed by atoms with van der Waals surface area (Å²) in [5, 5.41) is 5.43. The molecular weight excluding hydrogens is 350 g/mol. The lowest BCUT2D eigenvalue weighted by atomic mass is 10.1. The van der Waals surface area contributed by atoms with E-state index < -0.39 is 10.0 Å². The molecule has 0 spiro atoms. The zero-order valence-corrected chi connectivity index (χ0v) is 14.8. The Kier molecular flexibility index (Phi) is 3.49. The molecule has 24 heavy (non-hydrogen) atoms. The first-order valence-corrected chi connectivity index (χ1v) is 9.41. The highest BCUT2D eigenvalue weighted by molar-refractivity contribution is 7.89. The second-order valence-corrected chi connectivity index (χ2v) is 8.33. The van der Waals surface area contributed by atoms with Gasteiger partial charge in [0.15, 0.2) is 5.76 Å². The van der Waals surface area contributed by atoms with E-state index in [0.717, 1.165) is 22.2 Å². The number of aryl methyl sites for hydroxylation is 2. The van der Waals surface area contributed by atoms with E-state index in [1.807, 2.05) is 18.2 Å². The minimum absolute atomic E-state index is 0.175. The van der Waals surface area contributed by atoms with Gasteiger partial charge in [-0.3, -0.25) is 0 Å². The molecule has 0 atom stereocenters. The van der Waals surface area contributed by atoms with Crippen LogP contribution < -0.4 is 0 Å². The van der Waals surface area contributed by atoms with E-state index in [1.165, 1.54) is 4.31 Å². The Hall–Kier alpha value is -1.83. The van der Waals surface area contributed by atoms with Crippen LogP contribution in [0.2, 0.25) is 5.02 Å². The maximum absolute atomic E-state index is 13.0. The summed E-state index contributed by atoms with van der Waals surface area (Å²) in [5.74, 6) is 0.323. The highest BCUT2D eigenvalue weighted by Crippen LogP contribution is 2.33. The number of H-pyrrole nitrogens is 1. The summed E-state index contributed by atoms with van der Waals surface area (Å²) in [6.45, 7) is 4.01. The molecule has 3 aromatic rings. The van der Waals surface area contributed by atoms with Gasteiger partial charge in [-0.25, -0.2) is 8.42 Å². The van der Waals surface area contributed by atoms with Crippen LogP contribution in [0, 0.1) is 13.8 Å². The highest BCUT2D eigenvalue weighted by Gasteiger charge is 2.34. The zero-order chi connectivity index (χ0) is 17.1. The van der Waals surface area contributed by atoms with E-state index >= 15 is 0 Å². The first-order chi connectivity index (χ1) is 11.4. The third-order valence-corrected chi connectivity index (χ3v) is 6.79. The van der Waals surface area contributed by atoms with Crippen molar-refractivity contribution in [1.82, 2.24) is 14.4 Å². The lowest BCUT2D eigenvalue weighted by molar-refractivity contribution is 0.381. The molecule has 0 fully saturated rings. The average molecular weight is 366 g/mol. The molecule has 0 aliphatic carbocycles. The van der Waals surface area contributed by atoms with Crippen LogP contribution in [-0.4, -0.2) is 29.4 Å². The molecule has 2 aromatic heterocycles. The maximum Gasteiger partial charge on any atom is 0.248 e. The molecule has 1 aliphatic heterocycles. The first kappa shape index (κ1) is 15.7. The van der Waals surface area contributed by atoms with Gasteiger partial charge in [0.05, 0.1) is 0 Å². The van der Waals surface area contributed by atoms with Gasteiger partial charge in [0.2, 0.25) is 10.0 Å². The van der Waals surface area contributed by atoms with E-state index in [0.29, 0.717) is 36.0 Å². The van der Waals surface area contributed by atoms with Crippen LogP contribution in [0.3, 0.4) is 0 Å². The van der Waals surface area contributed by atoms with E-state index in [1.54, 1.807) is 13.8 Å². The monoisotopic (exact) mass is 365 g/mol. The van der Waals surface area contributed by atoms with Gasteiger partial charge >= 0.3 is 0 Å². The molecule has 0 radical (unpaired) electrons. The summed E-state index contributed by atoms with van der Waals surface area (Å²) in [6.07, 6.45) is 0.629. The Bertz CT molecular complexity index is 1030. The summed E-state index contributed by atoms with van der Waals surface area (Å²) >= 11 is 6.04. The van der Waals surface area contributed by atoms with Crippen molar-refractivity contribution in [3.8, 4) is 0 Å². The number of halogens is 1. The Balaban J connectivity index is 1.78. The second-order valence-electron chi connectivity index (χ2n) is 6.01. The number of nitrogens with zero attached hydrogens (tertiary/aromatic N) is 2. The van der Waals surface area contributed by atoms with Gasteiger partial charge in [-0.05, 0) is 31.5 Å². The number of fused-ring (bicyclic) bond motifs is 3. The van der Waals surface area contributed by atoms with Crippen LogP contribution in [0.25, 0.3) is 10.9 Å². The summed E-state index contributed by atoms with van der Waals surface area (Å²) in [6, 6.07) is 5.61. The highest BCUT2D eigenvalue weighted by atomic mass is 35.5. The van der Waals surface area contributed by atoms with Crippen molar-refractivity contribution in [3.63, 3.8) is 0 Å². The summed E-state index contributed by atoms with van der Waals surface area (Å²) in [5.41, 5.74) is 3.40. The topological polar surface area (TPSA) is 79.2 Å². The smallest absolute Gasteiger partial charge is 0.248 e. The summed E-state index contributed by atoms with van der Waals surface area (Å²) in [7, 11) is -3.64. The minimum atomic E-state index is -3.64. The standard InChI is InChI=1S/C16H16ClN3O3S/c1-9-16(10(2)23-19-9)24(21,22)20-6-5-14-13(8-20)12-4-3-11(17)7-15(12)18-14/h3-4,7,18H,5-6,8H2,1-2H3. The zero-order valence-electron chi connectivity index (χ0n) is 13.3. The van der Waals surface area contributed by atoms with Gasteiger partial charge in [-0.15, -0.1) is 0 Å². The predicted octanol–water partition coefficient (Wildman–Crippen LogP) is 3.17. The summed E-state index contributed by atoms with van der Waals surface area (Å²) in [4.78, 5) is 3.52. The van der Waals surface area contributed by atoms with Crippen molar-refractivity contribution in [3.05, 3.63) is 45.9 Å². The summed E-state index contributed by atoms with van der Waals surface area (Å²) < 4.78 is 32.5. The number of nitrogens with one attached hydrogen (secondary N) is 1. The van der Waals surface area contributed by atoms with Crippen molar-refractivity contribution in [2.75, 3.05) is 6.54 Å². The number of hydrogen-bond acceptors (Lipinski definition) is 4. The van der Waals surface area contributed by atoms with E-state index in [2.05, 4.69) is 10.1 Å².